The fraction of sp³-hybridized carbons (Fsp3) is 0.238. The van der Waals surface area contributed by atoms with Gasteiger partial charge in [-0.15, -0.1) is 0 Å². The molecule has 0 aliphatic heterocycles. The number of H-pyrrole nitrogens is 1. The molecule has 0 saturated heterocycles. The van der Waals surface area contributed by atoms with Crippen LogP contribution in [0.2, 0.25) is 0 Å². The van der Waals surface area contributed by atoms with Crippen molar-refractivity contribution in [3.63, 3.8) is 0 Å². The van der Waals surface area contributed by atoms with Crippen LogP contribution in [0.5, 0.6) is 0 Å². The highest BCUT2D eigenvalue weighted by Gasteiger charge is 2.15. The highest BCUT2D eigenvalue weighted by Crippen LogP contribution is 2.23. The first-order chi connectivity index (χ1) is 12.3. The fourth-order valence-corrected chi connectivity index (χ4v) is 2.64. The van der Waals surface area contributed by atoms with Crippen LogP contribution in [0.15, 0.2) is 54.6 Å². The van der Waals surface area contributed by atoms with Crippen LogP contribution in [0.3, 0.4) is 0 Å². The van der Waals surface area contributed by atoms with Gasteiger partial charge in [-0.2, -0.15) is 0 Å². The van der Waals surface area contributed by atoms with E-state index in [1.165, 1.54) is 5.56 Å². The minimum absolute atomic E-state index is 0.0532. The molecule has 3 rings (SSSR count). The van der Waals surface area contributed by atoms with Crippen LogP contribution in [0.25, 0.3) is 10.9 Å². The standard InChI is InChI=1S/C21H22N2O3/c1-21(2,3)15-8-10-16(11-9-15)22-19(24)13-26-20(25)18-12-14-6-4-5-7-17(14)23-18/h4-12,23H,13H2,1-3H3,(H,22,24). The molecule has 3 aromatic rings. The van der Waals surface area contributed by atoms with Gasteiger partial charge in [0.1, 0.15) is 5.69 Å². The molecule has 0 saturated carbocycles. The van der Waals surface area contributed by atoms with Gasteiger partial charge in [0.15, 0.2) is 6.61 Å². The number of hydrogen-bond acceptors (Lipinski definition) is 3. The lowest BCUT2D eigenvalue weighted by atomic mass is 9.87. The van der Waals surface area contributed by atoms with Gasteiger partial charge >= 0.3 is 5.97 Å². The van der Waals surface area contributed by atoms with Crippen LogP contribution in [-0.2, 0) is 14.9 Å². The number of rotatable bonds is 4. The minimum atomic E-state index is -0.556. The lowest BCUT2D eigenvalue weighted by Crippen LogP contribution is -2.21. The average Bonchev–Trinajstić information content (AvgIpc) is 3.03. The van der Waals surface area contributed by atoms with Crippen molar-refractivity contribution in [3.8, 4) is 0 Å². The van der Waals surface area contributed by atoms with E-state index in [-0.39, 0.29) is 17.9 Å². The smallest absolute Gasteiger partial charge is 0.355 e. The number of fused-ring (bicyclic) bond motifs is 1. The predicted octanol–water partition coefficient (Wildman–Crippen LogP) is 4.26. The summed E-state index contributed by atoms with van der Waals surface area (Å²) in [6, 6.07) is 16.9. The van der Waals surface area contributed by atoms with Crippen molar-refractivity contribution in [3.05, 3.63) is 65.9 Å². The molecule has 0 unspecified atom stereocenters. The van der Waals surface area contributed by atoms with Gasteiger partial charge in [0, 0.05) is 16.6 Å². The Labute approximate surface area is 152 Å². The topological polar surface area (TPSA) is 71.2 Å². The number of benzene rings is 2. The van der Waals surface area contributed by atoms with Gasteiger partial charge in [-0.25, -0.2) is 4.79 Å². The van der Waals surface area contributed by atoms with Crippen molar-refractivity contribution in [2.75, 3.05) is 11.9 Å². The highest BCUT2D eigenvalue weighted by molar-refractivity contribution is 5.97. The van der Waals surface area contributed by atoms with Crippen LogP contribution < -0.4 is 5.32 Å². The molecule has 0 fully saturated rings. The molecule has 2 aromatic carbocycles. The maximum atomic E-state index is 12.1. The Morgan fingerprint density at radius 1 is 1.04 bits per heavy atom. The summed E-state index contributed by atoms with van der Waals surface area (Å²) in [5.74, 6) is -0.933. The summed E-state index contributed by atoms with van der Waals surface area (Å²) in [5, 5.41) is 3.65. The van der Waals surface area contributed by atoms with Crippen LogP contribution in [0.1, 0.15) is 36.8 Å². The monoisotopic (exact) mass is 350 g/mol. The summed E-state index contributed by atoms with van der Waals surface area (Å²) in [5.41, 5.74) is 3.08. The number of aromatic nitrogens is 1. The van der Waals surface area contributed by atoms with Crippen molar-refractivity contribution >= 4 is 28.5 Å². The summed E-state index contributed by atoms with van der Waals surface area (Å²) < 4.78 is 5.09. The molecule has 0 radical (unpaired) electrons. The zero-order valence-corrected chi connectivity index (χ0v) is 15.1. The number of carbonyl (C=O) groups excluding carboxylic acids is 2. The van der Waals surface area contributed by atoms with Crippen LogP contribution >= 0.6 is 0 Å². The molecule has 26 heavy (non-hydrogen) atoms. The van der Waals surface area contributed by atoms with Crippen LogP contribution in [0.4, 0.5) is 5.69 Å². The molecule has 0 spiro atoms. The van der Waals surface area contributed by atoms with Gasteiger partial charge in [-0.05, 0) is 35.2 Å². The summed E-state index contributed by atoms with van der Waals surface area (Å²) >= 11 is 0. The van der Waals surface area contributed by atoms with E-state index < -0.39 is 5.97 Å². The zero-order chi connectivity index (χ0) is 18.7. The summed E-state index contributed by atoms with van der Waals surface area (Å²) in [6.45, 7) is 6.05. The number of hydrogen-bond donors (Lipinski definition) is 2. The van der Waals surface area contributed by atoms with E-state index in [9.17, 15) is 9.59 Å². The Bertz CT molecular complexity index is 901. The number of aromatic amines is 1. The maximum Gasteiger partial charge on any atom is 0.355 e. The lowest BCUT2D eigenvalue weighted by molar-refractivity contribution is -0.119. The first-order valence-electron chi connectivity index (χ1n) is 8.48. The van der Waals surface area contributed by atoms with E-state index in [4.69, 9.17) is 4.74 Å². The molecular formula is C21H22N2O3. The zero-order valence-electron chi connectivity index (χ0n) is 15.1. The first kappa shape index (κ1) is 17.7. The van der Waals surface area contributed by atoms with Crippen LogP contribution in [-0.4, -0.2) is 23.5 Å². The molecule has 5 heteroatoms. The second kappa shape index (κ2) is 7.04. The number of nitrogens with one attached hydrogen (secondary N) is 2. The molecule has 0 aliphatic carbocycles. The largest absolute Gasteiger partial charge is 0.451 e. The van der Waals surface area contributed by atoms with Crippen molar-refractivity contribution in [1.82, 2.24) is 4.98 Å². The number of para-hydroxylation sites is 1. The molecule has 0 bridgehead atoms. The molecule has 1 heterocycles. The Balaban J connectivity index is 1.55. The molecule has 1 amide bonds. The summed E-state index contributed by atoms with van der Waals surface area (Å²) in [6.07, 6.45) is 0. The third-order valence-electron chi connectivity index (χ3n) is 4.12. The van der Waals surface area contributed by atoms with Gasteiger partial charge in [-0.3, -0.25) is 4.79 Å². The number of ether oxygens (including phenoxy) is 1. The van der Waals surface area contributed by atoms with Gasteiger partial charge in [0.25, 0.3) is 5.91 Å². The Morgan fingerprint density at radius 2 is 1.73 bits per heavy atom. The van der Waals surface area contributed by atoms with Gasteiger partial charge in [0.05, 0.1) is 0 Å². The molecule has 2 N–H and O–H groups in total. The predicted molar refractivity (Wildman–Crippen MR) is 102 cm³/mol. The second-order valence-corrected chi connectivity index (χ2v) is 7.22. The van der Waals surface area contributed by atoms with E-state index in [1.54, 1.807) is 6.07 Å². The number of esters is 1. The maximum absolute atomic E-state index is 12.1. The molecular weight excluding hydrogens is 328 g/mol. The number of anilines is 1. The van der Waals surface area contributed by atoms with Crippen molar-refractivity contribution in [2.45, 2.75) is 26.2 Å². The van der Waals surface area contributed by atoms with Gasteiger partial charge in [-0.1, -0.05) is 51.1 Å². The fourth-order valence-electron chi connectivity index (χ4n) is 2.64. The van der Waals surface area contributed by atoms with Gasteiger partial charge in [0.2, 0.25) is 0 Å². The Hall–Kier alpha value is -3.08. The quantitative estimate of drug-likeness (QED) is 0.691. The van der Waals surface area contributed by atoms with Crippen molar-refractivity contribution in [2.24, 2.45) is 0 Å². The van der Waals surface area contributed by atoms with E-state index in [0.29, 0.717) is 11.4 Å². The second-order valence-electron chi connectivity index (χ2n) is 7.22. The van der Waals surface area contributed by atoms with E-state index in [2.05, 4.69) is 31.1 Å². The van der Waals surface area contributed by atoms with Crippen LogP contribution in [0, 0.1) is 0 Å². The molecule has 0 atom stereocenters. The van der Waals surface area contributed by atoms with Crippen molar-refractivity contribution < 1.29 is 14.3 Å². The summed E-state index contributed by atoms with van der Waals surface area (Å²) in [7, 11) is 0. The van der Waals surface area contributed by atoms with Crippen molar-refractivity contribution in [1.29, 1.82) is 0 Å². The Kier molecular flexibility index (Phi) is 4.80. The average molecular weight is 350 g/mol. The summed E-state index contributed by atoms with van der Waals surface area (Å²) in [4.78, 5) is 27.1. The van der Waals surface area contributed by atoms with E-state index in [1.807, 2.05) is 48.5 Å². The normalized spacial score (nSPS) is 11.3. The molecule has 5 nitrogen and oxygen atoms in total. The highest BCUT2D eigenvalue weighted by atomic mass is 16.5. The first-order valence-corrected chi connectivity index (χ1v) is 8.48. The van der Waals surface area contributed by atoms with E-state index in [0.717, 1.165) is 10.9 Å². The number of carbonyl (C=O) groups is 2. The minimum Gasteiger partial charge on any atom is -0.451 e. The third kappa shape index (κ3) is 4.11. The molecule has 134 valence electrons. The third-order valence-corrected chi connectivity index (χ3v) is 4.12. The van der Waals surface area contributed by atoms with Gasteiger partial charge < -0.3 is 15.0 Å². The van der Waals surface area contributed by atoms with E-state index >= 15 is 0 Å². The number of amides is 1. The molecule has 0 aliphatic rings. The molecule has 1 aromatic heterocycles. The lowest BCUT2D eigenvalue weighted by Gasteiger charge is -2.19. The SMILES string of the molecule is CC(C)(C)c1ccc(NC(=O)COC(=O)c2cc3ccccc3[nH]2)cc1. The Morgan fingerprint density at radius 3 is 2.38 bits per heavy atom.